The van der Waals surface area contributed by atoms with Gasteiger partial charge in [-0.3, -0.25) is 4.79 Å². The number of hydrogen-bond donors (Lipinski definition) is 0. The molecular weight excluding hydrogens is 292 g/mol. The first-order chi connectivity index (χ1) is 10.6. The Morgan fingerprint density at radius 2 is 2.00 bits per heavy atom. The molecule has 0 aliphatic heterocycles. The van der Waals surface area contributed by atoms with Gasteiger partial charge in [0.1, 0.15) is 0 Å². The molecule has 0 atom stereocenters. The van der Waals surface area contributed by atoms with Crippen molar-refractivity contribution in [2.45, 2.75) is 59.4 Å². The SMILES string of the molecule is CCn1c(=NC(=O)C2CCCCC2)sc2c(C)cc(C)cc21. The summed E-state index contributed by atoms with van der Waals surface area (Å²) in [7, 11) is 0. The van der Waals surface area contributed by atoms with Gasteiger partial charge >= 0.3 is 0 Å². The van der Waals surface area contributed by atoms with Gasteiger partial charge in [-0.15, -0.1) is 0 Å². The predicted molar refractivity (Wildman–Crippen MR) is 92.1 cm³/mol. The quantitative estimate of drug-likeness (QED) is 0.811. The van der Waals surface area contributed by atoms with Crippen molar-refractivity contribution >= 4 is 27.5 Å². The minimum atomic E-state index is 0.0860. The molecule has 3 nitrogen and oxygen atoms in total. The highest BCUT2D eigenvalue weighted by Crippen LogP contribution is 2.26. The molecular formula is C18H24N2OS. The molecule has 1 saturated carbocycles. The fourth-order valence-electron chi connectivity index (χ4n) is 3.44. The van der Waals surface area contributed by atoms with E-state index in [1.54, 1.807) is 11.3 Å². The molecule has 1 aromatic carbocycles. The number of nitrogens with zero attached hydrogens (tertiary/aromatic N) is 2. The zero-order chi connectivity index (χ0) is 15.7. The minimum absolute atomic E-state index is 0.0860. The summed E-state index contributed by atoms with van der Waals surface area (Å²) < 4.78 is 3.43. The molecule has 2 aromatic rings. The molecule has 0 bridgehead atoms. The molecule has 0 radical (unpaired) electrons. The van der Waals surface area contributed by atoms with E-state index in [4.69, 9.17) is 0 Å². The largest absolute Gasteiger partial charge is 0.317 e. The molecule has 22 heavy (non-hydrogen) atoms. The Balaban J connectivity index is 2.07. The molecule has 1 heterocycles. The fourth-order valence-corrected chi connectivity index (χ4v) is 4.59. The van der Waals surface area contributed by atoms with Crippen LogP contribution in [0.1, 0.15) is 50.2 Å². The number of carbonyl (C=O) groups excluding carboxylic acids is 1. The van der Waals surface area contributed by atoms with E-state index in [0.717, 1.165) is 24.2 Å². The maximum atomic E-state index is 12.5. The molecule has 1 aliphatic carbocycles. The van der Waals surface area contributed by atoms with Crippen molar-refractivity contribution in [3.8, 4) is 0 Å². The first-order valence-electron chi connectivity index (χ1n) is 8.29. The lowest BCUT2D eigenvalue weighted by molar-refractivity contribution is -0.122. The Kier molecular flexibility index (Phi) is 4.48. The third-order valence-electron chi connectivity index (χ3n) is 4.59. The Bertz CT molecular complexity index is 763. The van der Waals surface area contributed by atoms with Crippen LogP contribution in [0.5, 0.6) is 0 Å². The van der Waals surface area contributed by atoms with Gasteiger partial charge < -0.3 is 4.57 Å². The fraction of sp³-hybridized carbons (Fsp3) is 0.556. The Morgan fingerprint density at radius 1 is 1.27 bits per heavy atom. The summed E-state index contributed by atoms with van der Waals surface area (Å²) in [6, 6.07) is 4.40. The normalized spacial score (nSPS) is 17.3. The first-order valence-corrected chi connectivity index (χ1v) is 9.11. The summed E-state index contributed by atoms with van der Waals surface area (Å²) in [5, 5.41) is 0. The number of hydrogen-bond acceptors (Lipinski definition) is 2. The second-order valence-electron chi connectivity index (χ2n) is 6.34. The monoisotopic (exact) mass is 316 g/mol. The average molecular weight is 316 g/mol. The third kappa shape index (κ3) is 2.89. The lowest BCUT2D eigenvalue weighted by atomic mass is 9.89. The lowest BCUT2D eigenvalue weighted by Crippen LogP contribution is -2.21. The van der Waals surface area contributed by atoms with Crippen molar-refractivity contribution in [1.82, 2.24) is 4.57 Å². The summed E-state index contributed by atoms with van der Waals surface area (Å²) >= 11 is 1.65. The van der Waals surface area contributed by atoms with Gasteiger partial charge in [0.25, 0.3) is 5.91 Å². The molecule has 1 fully saturated rings. The van der Waals surface area contributed by atoms with Crippen molar-refractivity contribution in [1.29, 1.82) is 0 Å². The van der Waals surface area contributed by atoms with E-state index >= 15 is 0 Å². The van der Waals surface area contributed by atoms with Crippen LogP contribution in [0.15, 0.2) is 17.1 Å². The second kappa shape index (κ2) is 6.37. The van der Waals surface area contributed by atoms with Crippen molar-refractivity contribution in [2.75, 3.05) is 0 Å². The average Bonchev–Trinajstić information content (AvgIpc) is 2.85. The van der Waals surface area contributed by atoms with Crippen molar-refractivity contribution in [3.63, 3.8) is 0 Å². The van der Waals surface area contributed by atoms with Crippen LogP contribution in [0.25, 0.3) is 10.2 Å². The predicted octanol–water partition coefficient (Wildman–Crippen LogP) is 4.35. The molecule has 1 amide bonds. The van der Waals surface area contributed by atoms with Crippen LogP contribution in [0.2, 0.25) is 0 Å². The van der Waals surface area contributed by atoms with Crippen molar-refractivity contribution in [2.24, 2.45) is 10.9 Å². The zero-order valence-electron chi connectivity index (χ0n) is 13.7. The number of rotatable bonds is 2. The van der Waals surface area contributed by atoms with Crippen LogP contribution in [-0.4, -0.2) is 10.5 Å². The minimum Gasteiger partial charge on any atom is -0.317 e. The van der Waals surface area contributed by atoms with E-state index in [1.807, 2.05) is 0 Å². The van der Waals surface area contributed by atoms with Crippen molar-refractivity contribution in [3.05, 3.63) is 28.1 Å². The van der Waals surface area contributed by atoms with Crippen LogP contribution in [0.3, 0.4) is 0 Å². The second-order valence-corrected chi connectivity index (χ2v) is 7.32. The summed E-state index contributed by atoms with van der Waals surface area (Å²) in [6.07, 6.45) is 5.63. The Labute approximate surface area is 135 Å². The van der Waals surface area contributed by atoms with Gasteiger partial charge in [0, 0.05) is 12.5 Å². The summed E-state index contributed by atoms with van der Waals surface area (Å²) in [6.45, 7) is 7.22. The topological polar surface area (TPSA) is 34.4 Å². The number of aromatic nitrogens is 1. The van der Waals surface area contributed by atoms with Crippen LogP contribution in [-0.2, 0) is 11.3 Å². The zero-order valence-corrected chi connectivity index (χ0v) is 14.5. The molecule has 4 heteroatoms. The van der Waals surface area contributed by atoms with E-state index < -0.39 is 0 Å². The van der Waals surface area contributed by atoms with Gasteiger partial charge in [-0.1, -0.05) is 36.7 Å². The van der Waals surface area contributed by atoms with Crippen LogP contribution >= 0.6 is 11.3 Å². The smallest absolute Gasteiger partial charge is 0.251 e. The summed E-state index contributed by atoms with van der Waals surface area (Å²) in [4.78, 5) is 17.9. The molecule has 3 rings (SSSR count). The number of benzene rings is 1. The van der Waals surface area contributed by atoms with E-state index in [2.05, 4.69) is 42.5 Å². The standard InChI is InChI=1S/C18H24N2OS/c1-4-20-15-11-12(2)10-13(3)16(15)22-18(20)19-17(21)14-8-6-5-7-9-14/h10-11,14H,4-9H2,1-3H3. The molecule has 1 aromatic heterocycles. The molecule has 0 saturated heterocycles. The first kappa shape index (κ1) is 15.5. The highest BCUT2D eigenvalue weighted by molar-refractivity contribution is 7.16. The number of thiazole rings is 1. The van der Waals surface area contributed by atoms with Crippen molar-refractivity contribution < 1.29 is 4.79 Å². The van der Waals surface area contributed by atoms with Gasteiger partial charge in [0.2, 0.25) is 0 Å². The maximum Gasteiger partial charge on any atom is 0.251 e. The number of aryl methyl sites for hydroxylation is 3. The highest BCUT2D eigenvalue weighted by Gasteiger charge is 2.21. The summed E-state index contributed by atoms with van der Waals surface area (Å²) in [5.41, 5.74) is 3.74. The molecule has 1 aliphatic rings. The third-order valence-corrected chi connectivity index (χ3v) is 5.82. The van der Waals surface area contributed by atoms with E-state index in [1.165, 1.54) is 40.6 Å². The lowest BCUT2D eigenvalue weighted by Gasteiger charge is -2.17. The van der Waals surface area contributed by atoms with Gasteiger partial charge in [-0.2, -0.15) is 4.99 Å². The maximum absolute atomic E-state index is 12.5. The van der Waals surface area contributed by atoms with Gasteiger partial charge in [0.15, 0.2) is 4.80 Å². The van der Waals surface area contributed by atoms with Crippen LogP contribution in [0, 0.1) is 19.8 Å². The molecule has 0 unspecified atom stereocenters. The summed E-state index contributed by atoms with van der Waals surface area (Å²) in [5.74, 6) is 0.231. The van der Waals surface area contributed by atoms with E-state index in [0.29, 0.717) is 0 Å². The van der Waals surface area contributed by atoms with Gasteiger partial charge in [0.05, 0.1) is 10.2 Å². The van der Waals surface area contributed by atoms with Gasteiger partial charge in [-0.25, -0.2) is 0 Å². The highest BCUT2D eigenvalue weighted by atomic mass is 32.1. The number of carbonyl (C=O) groups is 1. The van der Waals surface area contributed by atoms with Crippen LogP contribution < -0.4 is 4.80 Å². The van der Waals surface area contributed by atoms with Crippen LogP contribution in [0.4, 0.5) is 0 Å². The number of amides is 1. The Hall–Kier alpha value is -1.42. The van der Waals surface area contributed by atoms with Gasteiger partial charge in [-0.05, 0) is 50.8 Å². The Morgan fingerprint density at radius 3 is 2.68 bits per heavy atom. The molecule has 0 spiro atoms. The molecule has 0 N–H and O–H groups in total. The van der Waals surface area contributed by atoms with E-state index in [9.17, 15) is 4.79 Å². The number of fused-ring (bicyclic) bond motifs is 1. The van der Waals surface area contributed by atoms with E-state index in [-0.39, 0.29) is 11.8 Å². The molecule has 118 valence electrons.